The van der Waals surface area contributed by atoms with Crippen LogP contribution in [0.4, 0.5) is 0 Å². The van der Waals surface area contributed by atoms with Gasteiger partial charge in [0.2, 0.25) is 11.8 Å². The Morgan fingerprint density at radius 3 is 2.88 bits per heavy atom. The molecule has 2 saturated heterocycles. The second-order valence-electron chi connectivity index (χ2n) is 4.54. The molecule has 6 heteroatoms. The summed E-state index contributed by atoms with van der Waals surface area (Å²) < 4.78 is 0. The monoisotopic (exact) mass is 261 g/mol. The van der Waals surface area contributed by atoms with Gasteiger partial charge in [-0.15, -0.1) is 12.4 Å². The molecule has 17 heavy (non-hydrogen) atoms. The van der Waals surface area contributed by atoms with Crippen LogP contribution < -0.4 is 10.6 Å². The van der Waals surface area contributed by atoms with Gasteiger partial charge in [-0.2, -0.15) is 0 Å². The third-order valence-corrected chi connectivity index (χ3v) is 3.39. The summed E-state index contributed by atoms with van der Waals surface area (Å²) in [6.45, 7) is 1.67. The molecule has 2 aliphatic heterocycles. The van der Waals surface area contributed by atoms with Crippen LogP contribution in [0.2, 0.25) is 0 Å². The zero-order valence-corrected chi connectivity index (χ0v) is 10.9. The molecule has 0 radical (unpaired) electrons. The van der Waals surface area contributed by atoms with Crippen LogP contribution in [0.5, 0.6) is 0 Å². The van der Waals surface area contributed by atoms with Crippen molar-refractivity contribution in [1.82, 2.24) is 15.5 Å². The molecule has 0 aromatic heterocycles. The number of hydrogen-bond acceptors (Lipinski definition) is 3. The van der Waals surface area contributed by atoms with Crippen LogP contribution in [0.25, 0.3) is 0 Å². The maximum absolute atomic E-state index is 12.2. The second-order valence-corrected chi connectivity index (χ2v) is 4.54. The van der Waals surface area contributed by atoms with Gasteiger partial charge < -0.3 is 15.5 Å². The highest BCUT2D eigenvalue weighted by Crippen LogP contribution is 2.20. The van der Waals surface area contributed by atoms with Crippen molar-refractivity contribution in [2.24, 2.45) is 0 Å². The van der Waals surface area contributed by atoms with Gasteiger partial charge in [-0.25, -0.2) is 0 Å². The van der Waals surface area contributed by atoms with Crippen molar-refractivity contribution >= 4 is 24.2 Å². The molecule has 2 heterocycles. The number of nitrogens with zero attached hydrogens (tertiary/aromatic N) is 1. The van der Waals surface area contributed by atoms with Crippen molar-refractivity contribution in [2.45, 2.75) is 37.8 Å². The van der Waals surface area contributed by atoms with E-state index in [-0.39, 0.29) is 30.3 Å². The molecule has 2 aliphatic rings. The zero-order valence-electron chi connectivity index (χ0n) is 10.1. The lowest BCUT2D eigenvalue weighted by atomic mass is 10.1. The fraction of sp³-hybridized carbons (Fsp3) is 0.818. The minimum atomic E-state index is -0.273. The van der Waals surface area contributed by atoms with Crippen LogP contribution in [0.3, 0.4) is 0 Å². The molecular weight excluding hydrogens is 242 g/mol. The smallest absolute Gasteiger partial charge is 0.245 e. The molecule has 0 bridgehead atoms. The maximum Gasteiger partial charge on any atom is 0.245 e. The summed E-state index contributed by atoms with van der Waals surface area (Å²) in [6, 6.07) is 0.0277. The van der Waals surface area contributed by atoms with E-state index in [0.717, 1.165) is 25.9 Å². The van der Waals surface area contributed by atoms with Crippen molar-refractivity contribution in [3.63, 3.8) is 0 Å². The number of likely N-dealkylation sites (N-methyl/N-ethyl adjacent to an activating group) is 1. The van der Waals surface area contributed by atoms with E-state index in [1.165, 1.54) is 0 Å². The summed E-state index contributed by atoms with van der Waals surface area (Å²) in [6.07, 6.45) is 3.27. The Hall–Kier alpha value is -0.810. The highest BCUT2D eigenvalue weighted by Gasteiger charge is 2.35. The largest absolute Gasteiger partial charge is 0.344 e. The Labute approximate surface area is 108 Å². The van der Waals surface area contributed by atoms with Crippen molar-refractivity contribution in [3.8, 4) is 0 Å². The highest BCUT2D eigenvalue weighted by molar-refractivity contribution is 5.91. The maximum atomic E-state index is 12.2. The third-order valence-electron chi connectivity index (χ3n) is 3.39. The van der Waals surface area contributed by atoms with Crippen molar-refractivity contribution < 1.29 is 9.59 Å². The van der Waals surface area contributed by atoms with E-state index in [1.54, 1.807) is 0 Å². The van der Waals surface area contributed by atoms with E-state index in [1.807, 2.05) is 11.9 Å². The van der Waals surface area contributed by atoms with Crippen LogP contribution in [0.15, 0.2) is 0 Å². The van der Waals surface area contributed by atoms with Gasteiger partial charge in [-0.05, 0) is 26.3 Å². The summed E-state index contributed by atoms with van der Waals surface area (Å²) in [4.78, 5) is 25.2. The molecule has 0 aliphatic carbocycles. The molecule has 5 nitrogen and oxygen atoms in total. The Morgan fingerprint density at radius 2 is 2.29 bits per heavy atom. The molecular formula is C11H20ClN3O2. The molecule has 2 rings (SSSR count). The number of nitrogens with one attached hydrogen (secondary N) is 2. The first-order valence-electron chi connectivity index (χ1n) is 5.97. The fourth-order valence-corrected chi connectivity index (χ4v) is 2.57. The molecule has 1 unspecified atom stereocenters. The molecule has 0 aromatic carbocycles. The normalized spacial score (nSPS) is 27.8. The number of carbonyl (C=O) groups is 2. The molecule has 0 spiro atoms. The molecule has 2 fully saturated rings. The Kier molecular flexibility index (Phi) is 5.21. The quantitative estimate of drug-likeness (QED) is 0.746. The van der Waals surface area contributed by atoms with Gasteiger partial charge in [0.1, 0.15) is 6.04 Å². The van der Waals surface area contributed by atoms with E-state index < -0.39 is 0 Å². The topological polar surface area (TPSA) is 61.4 Å². The van der Waals surface area contributed by atoms with E-state index in [4.69, 9.17) is 0 Å². The summed E-state index contributed by atoms with van der Waals surface area (Å²) >= 11 is 0. The third kappa shape index (κ3) is 3.10. The molecule has 2 atom stereocenters. The van der Waals surface area contributed by atoms with Crippen LogP contribution in [0, 0.1) is 0 Å². The summed E-state index contributed by atoms with van der Waals surface area (Å²) in [5.74, 6) is 0.103. The van der Waals surface area contributed by atoms with E-state index in [9.17, 15) is 9.59 Å². The van der Waals surface area contributed by atoms with Gasteiger partial charge in [0.15, 0.2) is 0 Å². The number of rotatable bonds is 3. The molecule has 2 amide bonds. The summed E-state index contributed by atoms with van der Waals surface area (Å²) in [7, 11) is 1.90. The van der Waals surface area contributed by atoms with Gasteiger partial charge in [-0.3, -0.25) is 9.59 Å². The predicted molar refractivity (Wildman–Crippen MR) is 67.1 cm³/mol. The lowest BCUT2D eigenvalue weighted by molar-refractivity contribution is -0.135. The van der Waals surface area contributed by atoms with Gasteiger partial charge in [0.25, 0.3) is 0 Å². The molecule has 2 N–H and O–H groups in total. The fourth-order valence-electron chi connectivity index (χ4n) is 2.57. The number of likely N-dealkylation sites (tertiary alicyclic amines) is 1. The minimum absolute atomic E-state index is 0. The van der Waals surface area contributed by atoms with Crippen LogP contribution in [-0.2, 0) is 9.59 Å². The van der Waals surface area contributed by atoms with Crippen LogP contribution >= 0.6 is 12.4 Å². The Morgan fingerprint density at radius 1 is 1.53 bits per heavy atom. The van der Waals surface area contributed by atoms with E-state index >= 15 is 0 Å². The van der Waals surface area contributed by atoms with Crippen LogP contribution in [0.1, 0.15) is 25.7 Å². The predicted octanol–water partition coefficient (Wildman–Crippen LogP) is -0.103. The number of halogens is 1. The van der Waals surface area contributed by atoms with Crippen molar-refractivity contribution in [2.75, 3.05) is 20.1 Å². The summed E-state index contributed by atoms with van der Waals surface area (Å²) in [5.41, 5.74) is 0. The summed E-state index contributed by atoms with van der Waals surface area (Å²) in [5, 5.41) is 5.86. The first kappa shape index (κ1) is 14.3. The SMILES string of the molecule is CNCC1CCCN1C(=O)[C@H]1CCC(=O)N1.Cl. The minimum Gasteiger partial charge on any atom is -0.344 e. The molecule has 0 saturated carbocycles. The molecule has 0 aromatic rings. The first-order valence-corrected chi connectivity index (χ1v) is 5.97. The molecule has 98 valence electrons. The average Bonchev–Trinajstić information content (AvgIpc) is 2.87. The van der Waals surface area contributed by atoms with E-state index in [2.05, 4.69) is 10.6 Å². The van der Waals surface area contributed by atoms with Crippen molar-refractivity contribution in [3.05, 3.63) is 0 Å². The number of carbonyl (C=O) groups excluding carboxylic acids is 2. The Bertz CT molecular complexity index is 298. The Balaban J connectivity index is 0.00000144. The zero-order chi connectivity index (χ0) is 11.5. The average molecular weight is 262 g/mol. The second kappa shape index (κ2) is 6.21. The lowest BCUT2D eigenvalue weighted by Crippen LogP contribution is -2.48. The van der Waals surface area contributed by atoms with E-state index in [0.29, 0.717) is 18.9 Å². The number of amides is 2. The van der Waals surface area contributed by atoms with Gasteiger partial charge in [0.05, 0.1) is 0 Å². The van der Waals surface area contributed by atoms with Crippen molar-refractivity contribution in [1.29, 1.82) is 0 Å². The first-order chi connectivity index (χ1) is 7.72. The lowest BCUT2D eigenvalue weighted by Gasteiger charge is -2.27. The van der Waals surface area contributed by atoms with Crippen LogP contribution in [-0.4, -0.2) is 48.9 Å². The highest BCUT2D eigenvalue weighted by atomic mass is 35.5. The van der Waals surface area contributed by atoms with Gasteiger partial charge >= 0.3 is 0 Å². The number of hydrogen-bond donors (Lipinski definition) is 2. The van der Waals surface area contributed by atoms with Gasteiger partial charge in [-0.1, -0.05) is 0 Å². The van der Waals surface area contributed by atoms with Gasteiger partial charge in [0, 0.05) is 25.6 Å². The standard InChI is InChI=1S/C11H19N3O2.ClH/c1-12-7-8-3-2-6-14(8)11(16)9-4-5-10(15)13-9;/h8-9,12H,2-7H2,1H3,(H,13,15);1H/t8?,9-;/m1./s1.